The first kappa shape index (κ1) is 20.2. The standard InChI is InChI=1S/C20H19Cl2N5OS/c21-15-11-16(22)17(27-6-8-28-9-7-27)10-14(15)18-24-19(23)26-20(25-18)29-12-13-4-2-1-3-5-13/h1-5,10-11H,6-9,12H2,(H2,23,24,25,26). The van der Waals surface area contributed by atoms with E-state index in [0.717, 1.165) is 24.5 Å². The monoisotopic (exact) mass is 447 g/mol. The first-order valence-electron chi connectivity index (χ1n) is 9.10. The number of nitrogens with two attached hydrogens (primary N) is 1. The lowest BCUT2D eigenvalue weighted by Crippen LogP contribution is -2.36. The highest BCUT2D eigenvalue weighted by Gasteiger charge is 2.19. The van der Waals surface area contributed by atoms with Crippen molar-refractivity contribution in [2.24, 2.45) is 0 Å². The molecule has 6 nitrogen and oxygen atoms in total. The molecule has 2 aromatic carbocycles. The highest BCUT2D eigenvalue weighted by molar-refractivity contribution is 7.98. The van der Waals surface area contributed by atoms with Crippen LogP contribution in [0.4, 0.5) is 11.6 Å². The van der Waals surface area contributed by atoms with Gasteiger partial charge < -0.3 is 15.4 Å². The molecule has 1 aliphatic rings. The average molecular weight is 448 g/mol. The van der Waals surface area contributed by atoms with Crippen molar-refractivity contribution >= 4 is 46.6 Å². The molecule has 0 unspecified atom stereocenters. The quantitative estimate of drug-likeness (QED) is 0.574. The van der Waals surface area contributed by atoms with E-state index in [0.29, 0.717) is 39.8 Å². The van der Waals surface area contributed by atoms with Gasteiger partial charge in [-0.2, -0.15) is 9.97 Å². The molecule has 1 aromatic heterocycles. The Balaban J connectivity index is 1.64. The number of morpholine rings is 1. The number of anilines is 2. The van der Waals surface area contributed by atoms with Crippen LogP contribution in [0.5, 0.6) is 0 Å². The SMILES string of the molecule is Nc1nc(SCc2ccccc2)nc(-c2cc(N3CCOCC3)c(Cl)cc2Cl)n1. The molecule has 2 heterocycles. The van der Waals surface area contributed by atoms with Gasteiger partial charge in [-0.3, -0.25) is 0 Å². The minimum absolute atomic E-state index is 0.157. The zero-order valence-corrected chi connectivity index (χ0v) is 17.8. The Labute approximate surface area is 183 Å². The van der Waals surface area contributed by atoms with Crippen LogP contribution in [0.2, 0.25) is 10.0 Å². The van der Waals surface area contributed by atoms with Crippen molar-refractivity contribution in [3.63, 3.8) is 0 Å². The lowest BCUT2D eigenvalue weighted by molar-refractivity contribution is 0.122. The van der Waals surface area contributed by atoms with Crippen molar-refractivity contribution in [2.75, 3.05) is 36.9 Å². The maximum Gasteiger partial charge on any atom is 0.224 e. The summed E-state index contributed by atoms with van der Waals surface area (Å²) in [6.07, 6.45) is 0. The van der Waals surface area contributed by atoms with Crippen LogP contribution < -0.4 is 10.6 Å². The summed E-state index contributed by atoms with van der Waals surface area (Å²) in [5.41, 5.74) is 8.69. The van der Waals surface area contributed by atoms with Crippen LogP contribution in [0.1, 0.15) is 5.56 Å². The van der Waals surface area contributed by atoms with E-state index in [1.54, 1.807) is 6.07 Å². The van der Waals surface area contributed by atoms with Gasteiger partial charge in [0.2, 0.25) is 5.95 Å². The number of nitrogen functional groups attached to an aromatic ring is 1. The fraction of sp³-hybridized carbons (Fsp3) is 0.250. The number of hydrogen-bond acceptors (Lipinski definition) is 7. The highest BCUT2D eigenvalue weighted by Crippen LogP contribution is 2.37. The second kappa shape index (κ2) is 9.17. The Morgan fingerprint density at radius 2 is 1.76 bits per heavy atom. The summed E-state index contributed by atoms with van der Waals surface area (Å²) >= 11 is 14.4. The van der Waals surface area contributed by atoms with Gasteiger partial charge in [0.05, 0.1) is 28.9 Å². The average Bonchev–Trinajstić information content (AvgIpc) is 2.73. The zero-order chi connectivity index (χ0) is 20.2. The topological polar surface area (TPSA) is 77.2 Å². The Morgan fingerprint density at radius 1 is 1.00 bits per heavy atom. The van der Waals surface area contributed by atoms with E-state index in [4.69, 9.17) is 33.7 Å². The molecule has 0 radical (unpaired) electrons. The molecule has 3 aromatic rings. The number of ether oxygens (including phenoxy) is 1. The molecule has 4 rings (SSSR count). The first-order chi connectivity index (χ1) is 14.1. The van der Waals surface area contributed by atoms with E-state index >= 15 is 0 Å². The summed E-state index contributed by atoms with van der Waals surface area (Å²) < 4.78 is 5.43. The summed E-state index contributed by atoms with van der Waals surface area (Å²) in [7, 11) is 0. The molecule has 0 spiro atoms. The van der Waals surface area contributed by atoms with Gasteiger partial charge in [-0.1, -0.05) is 65.3 Å². The minimum atomic E-state index is 0.157. The van der Waals surface area contributed by atoms with Crippen LogP contribution in [0.25, 0.3) is 11.4 Å². The fourth-order valence-electron chi connectivity index (χ4n) is 3.03. The number of nitrogens with zero attached hydrogens (tertiary/aromatic N) is 4. The van der Waals surface area contributed by atoms with Crippen molar-refractivity contribution in [3.05, 3.63) is 58.1 Å². The van der Waals surface area contributed by atoms with Crippen LogP contribution in [-0.2, 0) is 10.5 Å². The molecule has 9 heteroatoms. The van der Waals surface area contributed by atoms with E-state index in [1.165, 1.54) is 17.3 Å². The Bertz CT molecular complexity index is 1000. The summed E-state index contributed by atoms with van der Waals surface area (Å²) in [6.45, 7) is 2.84. The van der Waals surface area contributed by atoms with Crippen LogP contribution in [0.3, 0.4) is 0 Å². The largest absolute Gasteiger partial charge is 0.378 e. The number of hydrogen-bond donors (Lipinski definition) is 1. The summed E-state index contributed by atoms with van der Waals surface area (Å²) in [5.74, 6) is 1.32. The van der Waals surface area contributed by atoms with E-state index in [1.807, 2.05) is 24.3 Å². The second-order valence-electron chi connectivity index (χ2n) is 6.46. The van der Waals surface area contributed by atoms with Crippen molar-refractivity contribution in [2.45, 2.75) is 10.9 Å². The van der Waals surface area contributed by atoms with Gasteiger partial charge in [0.15, 0.2) is 11.0 Å². The molecule has 29 heavy (non-hydrogen) atoms. The minimum Gasteiger partial charge on any atom is -0.378 e. The lowest BCUT2D eigenvalue weighted by atomic mass is 10.1. The molecule has 1 fully saturated rings. The third-order valence-electron chi connectivity index (χ3n) is 4.47. The third-order valence-corrected chi connectivity index (χ3v) is 6.01. The smallest absolute Gasteiger partial charge is 0.224 e. The maximum absolute atomic E-state index is 6.48. The fourth-order valence-corrected chi connectivity index (χ4v) is 4.42. The molecule has 0 amide bonds. The van der Waals surface area contributed by atoms with Crippen LogP contribution in [0.15, 0.2) is 47.6 Å². The highest BCUT2D eigenvalue weighted by atomic mass is 35.5. The summed E-state index contributed by atoms with van der Waals surface area (Å²) in [5, 5.41) is 1.60. The van der Waals surface area contributed by atoms with Crippen molar-refractivity contribution in [1.29, 1.82) is 0 Å². The molecule has 150 valence electrons. The van der Waals surface area contributed by atoms with Crippen molar-refractivity contribution < 1.29 is 4.74 Å². The number of halogens is 2. The van der Waals surface area contributed by atoms with Crippen LogP contribution in [-0.4, -0.2) is 41.3 Å². The predicted molar refractivity (Wildman–Crippen MR) is 119 cm³/mol. The van der Waals surface area contributed by atoms with Gasteiger partial charge in [-0.25, -0.2) is 4.98 Å². The summed E-state index contributed by atoms with van der Waals surface area (Å²) in [4.78, 5) is 15.3. The van der Waals surface area contributed by atoms with Gasteiger partial charge >= 0.3 is 0 Å². The van der Waals surface area contributed by atoms with E-state index < -0.39 is 0 Å². The Morgan fingerprint density at radius 3 is 2.52 bits per heavy atom. The number of rotatable bonds is 5. The van der Waals surface area contributed by atoms with Gasteiger partial charge in [0.25, 0.3) is 0 Å². The molecule has 2 N–H and O–H groups in total. The molecular weight excluding hydrogens is 429 g/mol. The van der Waals surface area contributed by atoms with Crippen LogP contribution >= 0.6 is 35.0 Å². The van der Waals surface area contributed by atoms with E-state index in [9.17, 15) is 0 Å². The first-order valence-corrected chi connectivity index (χ1v) is 10.8. The van der Waals surface area contributed by atoms with Gasteiger partial charge in [-0.15, -0.1) is 0 Å². The normalized spacial score (nSPS) is 14.2. The Kier molecular flexibility index (Phi) is 6.40. The van der Waals surface area contributed by atoms with Gasteiger partial charge in [0.1, 0.15) is 0 Å². The van der Waals surface area contributed by atoms with E-state index in [2.05, 4.69) is 32.0 Å². The molecule has 1 aliphatic heterocycles. The van der Waals surface area contributed by atoms with E-state index in [-0.39, 0.29) is 5.95 Å². The predicted octanol–water partition coefficient (Wildman–Crippen LogP) is 4.56. The van der Waals surface area contributed by atoms with Gasteiger partial charge in [-0.05, 0) is 17.7 Å². The number of aromatic nitrogens is 3. The number of benzene rings is 2. The maximum atomic E-state index is 6.48. The van der Waals surface area contributed by atoms with Crippen molar-refractivity contribution in [1.82, 2.24) is 15.0 Å². The zero-order valence-electron chi connectivity index (χ0n) is 15.5. The summed E-state index contributed by atoms with van der Waals surface area (Å²) in [6, 6.07) is 13.7. The van der Waals surface area contributed by atoms with Gasteiger partial charge in [0, 0.05) is 24.4 Å². The van der Waals surface area contributed by atoms with Crippen LogP contribution in [0, 0.1) is 0 Å². The molecular formula is C20H19Cl2N5OS. The molecule has 0 bridgehead atoms. The molecule has 1 saturated heterocycles. The number of thioether (sulfide) groups is 1. The lowest BCUT2D eigenvalue weighted by Gasteiger charge is -2.30. The Hall–Kier alpha value is -2.06. The molecule has 0 aliphatic carbocycles. The molecule has 0 saturated carbocycles. The van der Waals surface area contributed by atoms with Crippen molar-refractivity contribution in [3.8, 4) is 11.4 Å². The molecule has 0 atom stereocenters. The second-order valence-corrected chi connectivity index (χ2v) is 8.21. The third kappa shape index (κ3) is 4.93.